The zero-order valence-corrected chi connectivity index (χ0v) is 12.6. The second-order valence-corrected chi connectivity index (χ2v) is 4.68. The molecule has 0 fully saturated rings. The molecule has 2 aromatic carbocycles. The molecule has 0 aliphatic carbocycles. The molecule has 22 heavy (non-hydrogen) atoms. The number of hydrogen-bond acceptors (Lipinski definition) is 3. The van der Waals surface area contributed by atoms with Crippen molar-refractivity contribution in [2.24, 2.45) is 0 Å². The quantitative estimate of drug-likeness (QED) is 0.830. The lowest BCUT2D eigenvalue weighted by Crippen LogP contribution is -2.00. The monoisotopic (exact) mass is 298 g/mol. The molecule has 2 rings (SSSR count). The Bertz CT molecular complexity index is 675. The third-order valence-electron chi connectivity index (χ3n) is 3.31. The summed E-state index contributed by atoms with van der Waals surface area (Å²) in [7, 11) is 3.15. The van der Waals surface area contributed by atoms with Gasteiger partial charge in [0, 0.05) is 0 Å². The SMILES string of the molecule is COc1ccc(C/C=C(\C(=O)O)c2ccccc2)cc1OC. The fourth-order valence-corrected chi connectivity index (χ4v) is 2.17. The fraction of sp³-hybridized carbons (Fsp3) is 0.167. The Hall–Kier alpha value is -2.75. The molecule has 114 valence electrons. The molecule has 0 saturated carbocycles. The first-order chi connectivity index (χ1) is 10.7. The molecule has 1 N–H and O–H groups in total. The lowest BCUT2D eigenvalue weighted by atomic mass is 10.0. The molecule has 0 aliphatic rings. The van der Waals surface area contributed by atoms with Gasteiger partial charge in [-0.2, -0.15) is 0 Å². The molecule has 0 aromatic heterocycles. The van der Waals surface area contributed by atoms with E-state index in [2.05, 4.69) is 0 Å². The van der Waals surface area contributed by atoms with Crippen LogP contribution in [0.25, 0.3) is 5.57 Å². The van der Waals surface area contributed by atoms with Gasteiger partial charge in [-0.15, -0.1) is 0 Å². The summed E-state index contributed by atoms with van der Waals surface area (Å²) in [5.74, 6) is 0.341. The summed E-state index contributed by atoms with van der Waals surface area (Å²) in [6.45, 7) is 0. The maximum Gasteiger partial charge on any atom is 0.335 e. The van der Waals surface area contributed by atoms with Gasteiger partial charge in [0.25, 0.3) is 0 Å². The van der Waals surface area contributed by atoms with Gasteiger partial charge in [0.2, 0.25) is 0 Å². The number of hydrogen-bond donors (Lipinski definition) is 1. The van der Waals surface area contributed by atoms with Crippen molar-refractivity contribution < 1.29 is 19.4 Å². The molecular weight excluding hydrogens is 280 g/mol. The third-order valence-corrected chi connectivity index (χ3v) is 3.31. The highest BCUT2D eigenvalue weighted by Gasteiger charge is 2.10. The first-order valence-corrected chi connectivity index (χ1v) is 6.85. The smallest absolute Gasteiger partial charge is 0.335 e. The van der Waals surface area contributed by atoms with E-state index in [4.69, 9.17) is 9.47 Å². The third kappa shape index (κ3) is 3.67. The summed E-state index contributed by atoms with van der Waals surface area (Å²) >= 11 is 0. The van der Waals surface area contributed by atoms with Gasteiger partial charge in [-0.25, -0.2) is 4.79 Å². The molecule has 2 aromatic rings. The van der Waals surface area contributed by atoms with Crippen LogP contribution in [0.2, 0.25) is 0 Å². The standard InChI is InChI=1S/C18H18O4/c1-21-16-11-9-13(12-17(16)22-2)8-10-15(18(19)20)14-6-4-3-5-7-14/h3-7,9-12H,8H2,1-2H3,(H,19,20)/b15-10-. The van der Waals surface area contributed by atoms with E-state index in [1.807, 2.05) is 36.4 Å². The topological polar surface area (TPSA) is 55.8 Å². The summed E-state index contributed by atoms with van der Waals surface area (Å²) in [5.41, 5.74) is 1.93. The Balaban J connectivity index is 2.27. The van der Waals surface area contributed by atoms with Gasteiger partial charge >= 0.3 is 5.97 Å². The minimum absolute atomic E-state index is 0.287. The Kier molecular flexibility index (Phi) is 5.20. The molecule has 0 heterocycles. The van der Waals surface area contributed by atoms with Crippen molar-refractivity contribution in [3.8, 4) is 11.5 Å². The van der Waals surface area contributed by atoms with Gasteiger partial charge in [0.1, 0.15) is 0 Å². The van der Waals surface area contributed by atoms with E-state index in [9.17, 15) is 9.90 Å². The number of allylic oxidation sites excluding steroid dienone is 1. The van der Waals surface area contributed by atoms with Crippen LogP contribution < -0.4 is 9.47 Å². The van der Waals surface area contributed by atoms with Crippen molar-refractivity contribution in [1.29, 1.82) is 0 Å². The van der Waals surface area contributed by atoms with E-state index >= 15 is 0 Å². The van der Waals surface area contributed by atoms with Crippen LogP contribution in [0.4, 0.5) is 0 Å². The van der Waals surface area contributed by atoms with E-state index < -0.39 is 5.97 Å². The molecule has 0 bridgehead atoms. The average Bonchev–Trinajstić information content (AvgIpc) is 2.55. The molecule has 0 spiro atoms. The Morgan fingerprint density at radius 3 is 2.32 bits per heavy atom. The molecule has 0 atom stereocenters. The molecule has 4 heteroatoms. The lowest BCUT2D eigenvalue weighted by Gasteiger charge is -2.09. The van der Waals surface area contributed by atoms with Crippen LogP contribution >= 0.6 is 0 Å². The number of carboxylic acid groups (broad SMARTS) is 1. The number of aliphatic carboxylic acids is 1. The number of carbonyl (C=O) groups is 1. The molecular formula is C18H18O4. The predicted molar refractivity (Wildman–Crippen MR) is 85.3 cm³/mol. The van der Waals surface area contributed by atoms with Gasteiger partial charge in [-0.05, 0) is 29.7 Å². The van der Waals surface area contributed by atoms with E-state index in [0.717, 1.165) is 5.56 Å². The predicted octanol–water partition coefficient (Wildman–Crippen LogP) is 3.41. The van der Waals surface area contributed by atoms with Gasteiger partial charge in [0.05, 0.1) is 19.8 Å². The molecule has 0 unspecified atom stereocenters. The second-order valence-electron chi connectivity index (χ2n) is 4.68. The van der Waals surface area contributed by atoms with Crippen molar-refractivity contribution in [2.45, 2.75) is 6.42 Å². The van der Waals surface area contributed by atoms with Gasteiger partial charge in [0.15, 0.2) is 11.5 Å². The van der Waals surface area contributed by atoms with Crippen molar-refractivity contribution in [1.82, 2.24) is 0 Å². The van der Waals surface area contributed by atoms with Crippen LogP contribution in [0.5, 0.6) is 11.5 Å². The van der Waals surface area contributed by atoms with E-state index in [0.29, 0.717) is 23.5 Å². The summed E-state index contributed by atoms with van der Waals surface area (Å²) < 4.78 is 10.4. The van der Waals surface area contributed by atoms with Crippen LogP contribution in [-0.2, 0) is 11.2 Å². The van der Waals surface area contributed by atoms with Crippen LogP contribution in [0.15, 0.2) is 54.6 Å². The van der Waals surface area contributed by atoms with Crippen LogP contribution in [0.3, 0.4) is 0 Å². The zero-order chi connectivity index (χ0) is 15.9. The number of ether oxygens (including phenoxy) is 2. The minimum Gasteiger partial charge on any atom is -0.493 e. The normalized spacial score (nSPS) is 11.1. The van der Waals surface area contributed by atoms with Gasteiger partial charge < -0.3 is 14.6 Å². The maximum absolute atomic E-state index is 11.4. The maximum atomic E-state index is 11.4. The number of rotatable bonds is 6. The van der Waals surface area contributed by atoms with Gasteiger partial charge in [-0.1, -0.05) is 42.5 Å². The number of methoxy groups -OCH3 is 2. The minimum atomic E-state index is -0.938. The second kappa shape index (κ2) is 7.31. The highest BCUT2D eigenvalue weighted by molar-refractivity contribution is 6.15. The summed E-state index contributed by atoms with van der Waals surface area (Å²) in [6.07, 6.45) is 2.20. The molecule has 0 radical (unpaired) electrons. The highest BCUT2D eigenvalue weighted by atomic mass is 16.5. The van der Waals surface area contributed by atoms with Crippen molar-refractivity contribution in [3.05, 3.63) is 65.7 Å². The largest absolute Gasteiger partial charge is 0.493 e. The molecule has 4 nitrogen and oxygen atoms in total. The Labute approximate surface area is 129 Å². The summed E-state index contributed by atoms with van der Waals surface area (Å²) in [5, 5.41) is 9.37. The zero-order valence-electron chi connectivity index (χ0n) is 12.6. The van der Waals surface area contributed by atoms with Crippen molar-refractivity contribution in [3.63, 3.8) is 0 Å². The number of benzene rings is 2. The summed E-state index contributed by atoms with van der Waals surface area (Å²) in [6, 6.07) is 14.6. The lowest BCUT2D eigenvalue weighted by molar-refractivity contribution is -0.130. The fourth-order valence-electron chi connectivity index (χ4n) is 2.17. The Morgan fingerprint density at radius 1 is 1.05 bits per heavy atom. The summed E-state index contributed by atoms with van der Waals surface area (Å²) in [4.78, 5) is 11.4. The van der Waals surface area contributed by atoms with E-state index in [-0.39, 0.29) is 5.57 Å². The molecule has 0 amide bonds. The molecule has 0 aliphatic heterocycles. The van der Waals surface area contributed by atoms with E-state index in [1.165, 1.54) is 0 Å². The van der Waals surface area contributed by atoms with Crippen molar-refractivity contribution >= 4 is 11.5 Å². The Morgan fingerprint density at radius 2 is 1.73 bits per heavy atom. The van der Waals surface area contributed by atoms with Gasteiger partial charge in [-0.3, -0.25) is 0 Å². The number of carboxylic acids is 1. The van der Waals surface area contributed by atoms with E-state index in [1.54, 1.807) is 32.4 Å². The highest BCUT2D eigenvalue weighted by Crippen LogP contribution is 2.28. The average molecular weight is 298 g/mol. The van der Waals surface area contributed by atoms with Crippen LogP contribution in [-0.4, -0.2) is 25.3 Å². The first-order valence-electron chi connectivity index (χ1n) is 6.85. The van der Waals surface area contributed by atoms with Crippen LogP contribution in [0.1, 0.15) is 11.1 Å². The van der Waals surface area contributed by atoms with Crippen LogP contribution in [0, 0.1) is 0 Å². The molecule has 0 saturated heterocycles. The van der Waals surface area contributed by atoms with Crippen molar-refractivity contribution in [2.75, 3.05) is 14.2 Å². The first kappa shape index (κ1) is 15.6.